The second kappa shape index (κ2) is 10.3. The number of nitrogens with one attached hydrogen (secondary N) is 1. The number of hydrogen-bond acceptors (Lipinski definition) is 3. The summed E-state index contributed by atoms with van der Waals surface area (Å²) in [6.45, 7) is 7.59. The lowest BCUT2D eigenvalue weighted by Crippen LogP contribution is -2.32. The molecule has 1 aromatic carbocycles. The number of hydrogen-bond donors (Lipinski definition) is 2. The first kappa shape index (κ1) is 20.5. The van der Waals surface area contributed by atoms with Gasteiger partial charge in [-0.05, 0) is 43.9 Å². The molecular formula is C18H28BrN3O2. The zero-order valence-corrected chi connectivity index (χ0v) is 16.4. The number of rotatable bonds is 9. The van der Waals surface area contributed by atoms with Gasteiger partial charge in [0.15, 0.2) is 0 Å². The first-order valence-electron chi connectivity index (χ1n) is 8.52. The molecule has 2 amide bonds. The van der Waals surface area contributed by atoms with Crippen LogP contribution in [-0.4, -0.2) is 29.8 Å². The standard InChI is InChI=1S/C18H28BrN3O2/c1-4-9-22(10-5-2)17(24)8-6-7-16(23)21-15-12-14(19)11-13(3)18(15)20/h11-12H,4-10,20H2,1-3H3,(H,21,23). The summed E-state index contributed by atoms with van der Waals surface area (Å²) < 4.78 is 0.870. The van der Waals surface area contributed by atoms with Crippen molar-refractivity contribution in [3.8, 4) is 0 Å². The third-order valence-corrected chi connectivity index (χ3v) is 4.22. The highest BCUT2D eigenvalue weighted by molar-refractivity contribution is 9.10. The molecule has 0 spiro atoms. The van der Waals surface area contributed by atoms with E-state index in [1.54, 1.807) is 6.07 Å². The maximum absolute atomic E-state index is 12.2. The molecule has 0 fully saturated rings. The second-order valence-corrected chi connectivity index (χ2v) is 6.88. The molecule has 0 saturated heterocycles. The van der Waals surface area contributed by atoms with Gasteiger partial charge in [0.2, 0.25) is 11.8 Å². The maximum Gasteiger partial charge on any atom is 0.224 e. The van der Waals surface area contributed by atoms with Gasteiger partial charge in [0.25, 0.3) is 0 Å². The van der Waals surface area contributed by atoms with Crippen LogP contribution in [-0.2, 0) is 9.59 Å². The lowest BCUT2D eigenvalue weighted by molar-refractivity contribution is -0.131. The molecule has 6 heteroatoms. The van der Waals surface area contributed by atoms with E-state index in [-0.39, 0.29) is 11.8 Å². The summed E-state index contributed by atoms with van der Waals surface area (Å²) in [4.78, 5) is 26.1. The fourth-order valence-electron chi connectivity index (χ4n) is 2.53. The average molecular weight is 398 g/mol. The van der Waals surface area contributed by atoms with Crippen LogP contribution in [0.4, 0.5) is 11.4 Å². The highest BCUT2D eigenvalue weighted by atomic mass is 79.9. The van der Waals surface area contributed by atoms with Crippen LogP contribution >= 0.6 is 15.9 Å². The first-order chi connectivity index (χ1) is 11.4. The van der Waals surface area contributed by atoms with E-state index in [1.807, 2.05) is 17.9 Å². The van der Waals surface area contributed by atoms with Crippen LogP contribution < -0.4 is 11.1 Å². The predicted octanol–water partition coefficient (Wildman–Crippen LogP) is 4.10. The van der Waals surface area contributed by atoms with Crippen molar-refractivity contribution in [2.45, 2.75) is 52.9 Å². The summed E-state index contributed by atoms with van der Waals surface area (Å²) in [6, 6.07) is 3.69. The number of nitrogens with zero attached hydrogens (tertiary/aromatic N) is 1. The van der Waals surface area contributed by atoms with Gasteiger partial charge in [-0.25, -0.2) is 0 Å². The number of nitrogen functional groups attached to an aromatic ring is 1. The van der Waals surface area contributed by atoms with Gasteiger partial charge in [0, 0.05) is 30.4 Å². The minimum absolute atomic E-state index is 0.121. The number of amides is 2. The van der Waals surface area contributed by atoms with Gasteiger partial charge in [-0.15, -0.1) is 0 Å². The predicted molar refractivity (Wildman–Crippen MR) is 103 cm³/mol. The molecule has 0 aliphatic carbocycles. The van der Waals surface area contributed by atoms with Crippen LogP contribution in [0.2, 0.25) is 0 Å². The minimum atomic E-state index is -0.121. The summed E-state index contributed by atoms with van der Waals surface area (Å²) >= 11 is 3.40. The Kier molecular flexibility index (Phi) is 8.82. The Morgan fingerprint density at radius 1 is 1.17 bits per heavy atom. The highest BCUT2D eigenvalue weighted by Crippen LogP contribution is 2.27. The molecule has 0 bridgehead atoms. The first-order valence-corrected chi connectivity index (χ1v) is 9.31. The summed E-state index contributed by atoms with van der Waals surface area (Å²) in [6.07, 6.45) is 3.16. The van der Waals surface area contributed by atoms with Gasteiger partial charge < -0.3 is 16.0 Å². The summed E-state index contributed by atoms with van der Waals surface area (Å²) in [7, 11) is 0. The van der Waals surface area contributed by atoms with E-state index in [1.165, 1.54) is 0 Å². The molecule has 0 radical (unpaired) electrons. The van der Waals surface area contributed by atoms with Gasteiger partial charge in [0.05, 0.1) is 11.4 Å². The Balaban J connectivity index is 2.48. The Morgan fingerprint density at radius 2 is 1.79 bits per heavy atom. The maximum atomic E-state index is 12.2. The van der Waals surface area contributed by atoms with Gasteiger partial charge in [-0.2, -0.15) is 0 Å². The van der Waals surface area contributed by atoms with Gasteiger partial charge in [0.1, 0.15) is 0 Å². The van der Waals surface area contributed by atoms with E-state index in [0.29, 0.717) is 30.6 Å². The molecule has 0 unspecified atom stereocenters. The SMILES string of the molecule is CCCN(CCC)C(=O)CCCC(=O)Nc1cc(Br)cc(C)c1N. The third kappa shape index (κ3) is 6.51. The Hall–Kier alpha value is -1.56. The van der Waals surface area contributed by atoms with Crippen molar-refractivity contribution in [1.82, 2.24) is 4.90 Å². The monoisotopic (exact) mass is 397 g/mol. The van der Waals surface area contributed by atoms with Crippen LogP contribution in [0.3, 0.4) is 0 Å². The topological polar surface area (TPSA) is 75.4 Å². The largest absolute Gasteiger partial charge is 0.397 e. The van der Waals surface area contributed by atoms with E-state index >= 15 is 0 Å². The fourth-order valence-corrected chi connectivity index (χ4v) is 3.10. The van der Waals surface area contributed by atoms with E-state index in [4.69, 9.17) is 5.73 Å². The van der Waals surface area contributed by atoms with E-state index < -0.39 is 0 Å². The van der Waals surface area contributed by atoms with E-state index in [9.17, 15) is 9.59 Å². The molecule has 0 atom stereocenters. The number of benzene rings is 1. The number of aryl methyl sites for hydroxylation is 1. The number of halogens is 1. The van der Waals surface area contributed by atoms with Crippen molar-refractivity contribution in [2.24, 2.45) is 0 Å². The molecule has 0 saturated carbocycles. The molecule has 134 valence electrons. The smallest absolute Gasteiger partial charge is 0.224 e. The van der Waals surface area contributed by atoms with Crippen molar-refractivity contribution in [2.75, 3.05) is 24.1 Å². The Labute approximate surface area is 153 Å². The van der Waals surface area contributed by atoms with Crippen LogP contribution in [0.15, 0.2) is 16.6 Å². The van der Waals surface area contributed by atoms with Gasteiger partial charge in [-0.3, -0.25) is 9.59 Å². The van der Waals surface area contributed by atoms with Crippen LogP contribution in [0.1, 0.15) is 51.5 Å². The molecule has 5 nitrogen and oxygen atoms in total. The molecule has 24 heavy (non-hydrogen) atoms. The van der Waals surface area contributed by atoms with E-state index in [2.05, 4.69) is 35.1 Å². The quantitative estimate of drug-likeness (QED) is 0.615. The average Bonchev–Trinajstić information content (AvgIpc) is 2.51. The lowest BCUT2D eigenvalue weighted by Gasteiger charge is -2.21. The van der Waals surface area contributed by atoms with Crippen LogP contribution in [0.25, 0.3) is 0 Å². The number of carbonyl (C=O) groups excluding carboxylic acids is 2. The number of anilines is 2. The summed E-state index contributed by atoms with van der Waals surface area (Å²) in [5.41, 5.74) is 8.07. The van der Waals surface area contributed by atoms with Gasteiger partial charge in [-0.1, -0.05) is 29.8 Å². The molecule has 0 heterocycles. The molecule has 0 aliphatic heterocycles. The van der Waals surface area contributed by atoms with Crippen molar-refractivity contribution >= 4 is 39.1 Å². The molecule has 1 aromatic rings. The fraction of sp³-hybridized carbons (Fsp3) is 0.556. The zero-order valence-electron chi connectivity index (χ0n) is 14.8. The van der Waals surface area contributed by atoms with Crippen molar-refractivity contribution in [3.63, 3.8) is 0 Å². The highest BCUT2D eigenvalue weighted by Gasteiger charge is 2.13. The molecule has 0 aliphatic rings. The van der Waals surface area contributed by atoms with Gasteiger partial charge >= 0.3 is 0 Å². The second-order valence-electron chi connectivity index (χ2n) is 5.97. The molecule has 0 aromatic heterocycles. The number of nitrogens with two attached hydrogens (primary N) is 1. The normalized spacial score (nSPS) is 10.5. The Morgan fingerprint density at radius 3 is 2.38 bits per heavy atom. The van der Waals surface area contributed by atoms with Crippen molar-refractivity contribution in [3.05, 3.63) is 22.2 Å². The third-order valence-electron chi connectivity index (χ3n) is 3.76. The Bertz CT molecular complexity index is 570. The minimum Gasteiger partial charge on any atom is -0.397 e. The van der Waals surface area contributed by atoms with E-state index in [0.717, 1.165) is 36.0 Å². The van der Waals surface area contributed by atoms with Crippen LogP contribution in [0, 0.1) is 6.92 Å². The lowest BCUT2D eigenvalue weighted by atomic mass is 10.1. The zero-order chi connectivity index (χ0) is 18.1. The molecular weight excluding hydrogens is 370 g/mol. The van der Waals surface area contributed by atoms with Crippen LogP contribution in [0.5, 0.6) is 0 Å². The van der Waals surface area contributed by atoms with Crippen molar-refractivity contribution < 1.29 is 9.59 Å². The molecule has 1 rings (SSSR count). The summed E-state index contributed by atoms with van der Waals surface area (Å²) in [5.74, 6) is 0.00819. The number of carbonyl (C=O) groups is 2. The van der Waals surface area contributed by atoms with Crippen molar-refractivity contribution in [1.29, 1.82) is 0 Å². The summed E-state index contributed by atoms with van der Waals surface area (Å²) in [5, 5.41) is 2.83. The molecule has 3 N–H and O–H groups in total.